The number of nitro benzene ring substituents is 1. The van der Waals surface area contributed by atoms with Crippen LogP contribution in [0.15, 0.2) is 18.2 Å². The molecule has 1 aromatic rings. The van der Waals surface area contributed by atoms with Gasteiger partial charge in [-0.05, 0) is 6.07 Å². The fourth-order valence-corrected chi connectivity index (χ4v) is 1.17. The molecule has 1 rings (SSSR count). The minimum absolute atomic E-state index is 0.0415. The molecule has 0 N–H and O–H groups in total. The number of hydrogen-bond donors (Lipinski definition) is 0. The highest BCUT2D eigenvalue weighted by Crippen LogP contribution is 2.24. The summed E-state index contributed by atoms with van der Waals surface area (Å²) in [5, 5.41) is 10.5. The van der Waals surface area contributed by atoms with Crippen molar-refractivity contribution in [3.63, 3.8) is 0 Å². The van der Waals surface area contributed by atoms with Gasteiger partial charge in [-0.3, -0.25) is 14.9 Å². The molecule has 0 amide bonds. The molecule has 16 heavy (non-hydrogen) atoms. The number of carbonyl (C=O) groups is 1. The van der Waals surface area contributed by atoms with Crippen LogP contribution in [0.4, 0.5) is 5.69 Å². The minimum Gasteiger partial charge on any atom is -0.496 e. The SMILES string of the molecule is COc1ccc([N+](=O)[O-])cc1COC(C)=O. The van der Waals surface area contributed by atoms with E-state index >= 15 is 0 Å². The van der Waals surface area contributed by atoms with Gasteiger partial charge in [0, 0.05) is 24.6 Å². The molecular formula is C10H11NO5. The van der Waals surface area contributed by atoms with E-state index in [9.17, 15) is 14.9 Å². The molecule has 0 heterocycles. The number of ether oxygens (including phenoxy) is 2. The third-order valence-electron chi connectivity index (χ3n) is 1.91. The predicted molar refractivity (Wildman–Crippen MR) is 55.1 cm³/mol. The molecule has 0 aliphatic heterocycles. The fourth-order valence-electron chi connectivity index (χ4n) is 1.17. The molecule has 0 saturated carbocycles. The van der Waals surface area contributed by atoms with Gasteiger partial charge in [-0.2, -0.15) is 0 Å². The highest BCUT2D eigenvalue weighted by Gasteiger charge is 2.12. The number of hydrogen-bond acceptors (Lipinski definition) is 5. The van der Waals surface area contributed by atoms with E-state index in [1.165, 1.54) is 32.2 Å². The summed E-state index contributed by atoms with van der Waals surface area (Å²) in [5.41, 5.74) is 0.398. The average Bonchev–Trinajstić information content (AvgIpc) is 2.25. The van der Waals surface area contributed by atoms with Crippen LogP contribution in [0.5, 0.6) is 5.75 Å². The Labute approximate surface area is 91.9 Å². The summed E-state index contributed by atoms with van der Waals surface area (Å²) in [6, 6.07) is 4.12. The quantitative estimate of drug-likeness (QED) is 0.442. The van der Waals surface area contributed by atoms with E-state index in [4.69, 9.17) is 9.47 Å². The standard InChI is InChI=1S/C10H11NO5/c1-7(12)16-6-8-5-9(11(13)14)3-4-10(8)15-2/h3-5H,6H2,1-2H3. The van der Waals surface area contributed by atoms with Crippen molar-refractivity contribution >= 4 is 11.7 Å². The lowest BCUT2D eigenvalue weighted by atomic mass is 10.2. The number of rotatable bonds is 4. The van der Waals surface area contributed by atoms with Crippen LogP contribution in [0.2, 0.25) is 0 Å². The zero-order chi connectivity index (χ0) is 12.1. The highest BCUT2D eigenvalue weighted by atomic mass is 16.6. The van der Waals surface area contributed by atoms with Crippen molar-refractivity contribution in [3.05, 3.63) is 33.9 Å². The number of benzene rings is 1. The lowest BCUT2D eigenvalue weighted by Gasteiger charge is -2.07. The molecule has 86 valence electrons. The number of carbonyl (C=O) groups excluding carboxylic acids is 1. The summed E-state index contributed by atoms with van der Waals surface area (Å²) < 4.78 is 9.76. The van der Waals surface area contributed by atoms with Gasteiger partial charge in [0.2, 0.25) is 0 Å². The number of esters is 1. The third kappa shape index (κ3) is 2.94. The largest absolute Gasteiger partial charge is 0.496 e. The van der Waals surface area contributed by atoms with Crippen LogP contribution < -0.4 is 4.74 Å². The van der Waals surface area contributed by atoms with Crippen molar-refractivity contribution in [2.75, 3.05) is 7.11 Å². The summed E-state index contributed by atoms with van der Waals surface area (Å²) in [7, 11) is 1.44. The molecule has 0 radical (unpaired) electrons. The maximum Gasteiger partial charge on any atom is 0.302 e. The Balaban J connectivity index is 2.97. The molecular weight excluding hydrogens is 214 g/mol. The predicted octanol–water partition coefficient (Wildman–Crippen LogP) is 1.67. The Kier molecular flexibility index (Phi) is 3.82. The average molecular weight is 225 g/mol. The van der Waals surface area contributed by atoms with Crippen molar-refractivity contribution < 1.29 is 19.2 Å². The first kappa shape index (κ1) is 12.0. The molecule has 0 aromatic heterocycles. The van der Waals surface area contributed by atoms with Gasteiger partial charge in [-0.15, -0.1) is 0 Å². The normalized spacial score (nSPS) is 9.62. The number of nitrogens with zero attached hydrogens (tertiary/aromatic N) is 1. The summed E-state index contributed by atoms with van der Waals surface area (Å²) in [5.74, 6) is 0.000379. The second-order valence-electron chi connectivity index (χ2n) is 3.03. The van der Waals surface area contributed by atoms with Gasteiger partial charge in [0.25, 0.3) is 5.69 Å². The highest BCUT2D eigenvalue weighted by molar-refractivity contribution is 5.66. The van der Waals surface area contributed by atoms with Gasteiger partial charge >= 0.3 is 5.97 Å². The first-order valence-corrected chi connectivity index (χ1v) is 4.49. The smallest absolute Gasteiger partial charge is 0.302 e. The minimum atomic E-state index is -0.517. The molecule has 6 heteroatoms. The van der Waals surface area contributed by atoms with Gasteiger partial charge in [0.1, 0.15) is 12.4 Å². The van der Waals surface area contributed by atoms with Gasteiger partial charge in [-0.1, -0.05) is 0 Å². The molecule has 0 bridgehead atoms. The molecule has 1 aromatic carbocycles. The number of methoxy groups -OCH3 is 1. The molecule has 0 spiro atoms. The van der Waals surface area contributed by atoms with E-state index in [-0.39, 0.29) is 12.3 Å². The Morgan fingerprint density at radius 2 is 2.19 bits per heavy atom. The van der Waals surface area contributed by atoms with Gasteiger partial charge < -0.3 is 9.47 Å². The van der Waals surface area contributed by atoms with Crippen LogP contribution in [0.3, 0.4) is 0 Å². The van der Waals surface area contributed by atoms with Crippen LogP contribution >= 0.6 is 0 Å². The summed E-state index contributed by atoms with van der Waals surface area (Å²) in [4.78, 5) is 20.7. The maximum absolute atomic E-state index is 10.6. The summed E-state index contributed by atoms with van der Waals surface area (Å²) in [6.45, 7) is 1.23. The molecule has 0 saturated heterocycles. The molecule has 0 aliphatic carbocycles. The van der Waals surface area contributed by atoms with E-state index in [0.29, 0.717) is 11.3 Å². The molecule has 0 fully saturated rings. The second kappa shape index (κ2) is 5.11. The van der Waals surface area contributed by atoms with Crippen molar-refractivity contribution in [3.8, 4) is 5.75 Å². The monoisotopic (exact) mass is 225 g/mol. The summed E-state index contributed by atoms with van der Waals surface area (Å²) >= 11 is 0. The van der Waals surface area contributed by atoms with E-state index in [2.05, 4.69) is 0 Å². The van der Waals surface area contributed by atoms with Crippen LogP contribution in [0, 0.1) is 10.1 Å². The lowest BCUT2D eigenvalue weighted by molar-refractivity contribution is -0.385. The van der Waals surface area contributed by atoms with Gasteiger partial charge in [0.05, 0.1) is 12.0 Å². The Hall–Kier alpha value is -2.11. The van der Waals surface area contributed by atoms with E-state index < -0.39 is 10.9 Å². The Morgan fingerprint density at radius 1 is 1.50 bits per heavy atom. The molecule has 0 aliphatic rings. The third-order valence-corrected chi connectivity index (χ3v) is 1.91. The number of nitro groups is 1. The zero-order valence-electron chi connectivity index (χ0n) is 8.93. The van der Waals surface area contributed by atoms with Crippen LogP contribution in [0.1, 0.15) is 12.5 Å². The van der Waals surface area contributed by atoms with Crippen molar-refractivity contribution in [2.45, 2.75) is 13.5 Å². The molecule has 6 nitrogen and oxygen atoms in total. The Bertz CT molecular complexity index is 416. The van der Waals surface area contributed by atoms with E-state index in [0.717, 1.165) is 0 Å². The van der Waals surface area contributed by atoms with E-state index in [1.54, 1.807) is 0 Å². The second-order valence-corrected chi connectivity index (χ2v) is 3.03. The first-order chi connectivity index (χ1) is 7.54. The molecule has 0 atom stereocenters. The van der Waals surface area contributed by atoms with Crippen molar-refractivity contribution in [1.29, 1.82) is 0 Å². The first-order valence-electron chi connectivity index (χ1n) is 4.49. The van der Waals surface area contributed by atoms with Crippen LogP contribution in [0.25, 0.3) is 0 Å². The van der Waals surface area contributed by atoms with Gasteiger partial charge in [0.15, 0.2) is 0 Å². The zero-order valence-corrected chi connectivity index (χ0v) is 8.93. The van der Waals surface area contributed by atoms with Gasteiger partial charge in [-0.25, -0.2) is 0 Å². The Morgan fingerprint density at radius 3 is 2.69 bits per heavy atom. The number of non-ortho nitro benzene ring substituents is 1. The van der Waals surface area contributed by atoms with E-state index in [1.807, 2.05) is 0 Å². The topological polar surface area (TPSA) is 78.7 Å². The van der Waals surface area contributed by atoms with Crippen LogP contribution in [-0.2, 0) is 16.1 Å². The fraction of sp³-hybridized carbons (Fsp3) is 0.300. The van der Waals surface area contributed by atoms with Crippen molar-refractivity contribution in [1.82, 2.24) is 0 Å². The van der Waals surface area contributed by atoms with Crippen molar-refractivity contribution in [2.24, 2.45) is 0 Å². The lowest BCUT2D eigenvalue weighted by Crippen LogP contribution is -2.01. The van der Waals surface area contributed by atoms with Crippen LogP contribution in [-0.4, -0.2) is 18.0 Å². The maximum atomic E-state index is 10.6. The summed E-state index contributed by atoms with van der Waals surface area (Å²) in [6.07, 6.45) is 0. The molecule has 0 unspecified atom stereocenters.